The molecular weight excluding hydrogens is 638 g/mol. The van der Waals surface area contributed by atoms with Gasteiger partial charge in [0, 0.05) is 56.0 Å². The molecule has 1 aliphatic heterocycles. The molecule has 2 atom stereocenters. The molecule has 0 unspecified atom stereocenters. The summed E-state index contributed by atoms with van der Waals surface area (Å²) in [7, 11) is 3.56. The number of hydrogen-bond donors (Lipinski definition) is 3. The van der Waals surface area contributed by atoms with Crippen molar-refractivity contribution in [3.05, 3.63) is 87.7 Å². The Morgan fingerprint density at radius 2 is 1.85 bits per heavy atom. The largest absolute Gasteiger partial charge is 0.478 e. The predicted molar refractivity (Wildman–Crippen MR) is 179 cm³/mol. The van der Waals surface area contributed by atoms with E-state index in [9.17, 15) is 14.4 Å². The molecule has 14 nitrogen and oxygen atoms in total. The van der Waals surface area contributed by atoms with Crippen LogP contribution in [-0.2, 0) is 26.3 Å². The number of amides is 1. The van der Waals surface area contributed by atoms with Gasteiger partial charge in [-0.3, -0.25) is 4.79 Å². The van der Waals surface area contributed by atoms with Crippen molar-refractivity contribution in [3.8, 4) is 11.6 Å². The lowest BCUT2D eigenvalue weighted by molar-refractivity contribution is -0.134. The number of anilines is 1. The number of ether oxygens (including phenoxy) is 1. The van der Waals surface area contributed by atoms with E-state index in [1.165, 1.54) is 0 Å². The molecule has 1 fully saturated rings. The first-order valence-electron chi connectivity index (χ1n) is 15.1. The number of aromatic nitrogens is 4. The second-order valence-electron chi connectivity index (χ2n) is 11.5. The molecule has 15 heteroatoms. The fraction of sp³-hybridized carbons (Fsp3) is 0.364. The van der Waals surface area contributed by atoms with Gasteiger partial charge in [-0.15, -0.1) is 21.5 Å². The third kappa shape index (κ3) is 9.53. The maximum absolute atomic E-state index is 13.9. The van der Waals surface area contributed by atoms with Gasteiger partial charge < -0.3 is 34.9 Å². The number of aryl methyl sites for hydroxylation is 1. The van der Waals surface area contributed by atoms with E-state index in [1.54, 1.807) is 24.5 Å². The Bertz CT molecular complexity index is 1720. The topological polar surface area (TPSA) is 198 Å². The molecule has 0 aliphatic carbocycles. The molecule has 0 saturated carbocycles. The lowest BCUT2D eigenvalue weighted by Crippen LogP contribution is -2.35. The molecule has 4 heterocycles. The Kier molecular flexibility index (Phi) is 12.1. The van der Waals surface area contributed by atoms with Gasteiger partial charge in [0.15, 0.2) is 0 Å². The number of nitrogens with zero attached hydrogens (tertiary/aromatic N) is 6. The first-order chi connectivity index (χ1) is 22.9. The zero-order valence-electron chi connectivity index (χ0n) is 27.2. The van der Waals surface area contributed by atoms with Gasteiger partial charge in [0.1, 0.15) is 16.5 Å². The Morgan fingerprint density at radius 3 is 2.48 bits per heavy atom. The number of carboxylic acid groups (broad SMARTS) is 2. The molecule has 0 bridgehead atoms. The van der Waals surface area contributed by atoms with E-state index in [-0.39, 0.29) is 17.8 Å². The van der Waals surface area contributed by atoms with Gasteiger partial charge in [-0.2, -0.15) is 0 Å². The van der Waals surface area contributed by atoms with Crippen LogP contribution in [0, 0.1) is 6.92 Å². The van der Waals surface area contributed by atoms with Crippen LogP contribution in [0.15, 0.2) is 64.4 Å². The van der Waals surface area contributed by atoms with Crippen LogP contribution >= 0.6 is 11.3 Å². The number of aliphatic carboxylic acids is 2. The second kappa shape index (κ2) is 16.2. The monoisotopic (exact) mass is 677 g/mol. The summed E-state index contributed by atoms with van der Waals surface area (Å²) in [5.74, 6) is -1.46. The highest BCUT2D eigenvalue weighted by Crippen LogP contribution is 2.36. The summed E-state index contributed by atoms with van der Waals surface area (Å²) in [5.41, 5.74) is 8.70. The van der Waals surface area contributed by atoms with E-state index in [1.807, 2.05) is 72.5 Å². The van der Waals surface area contributed by atoms with Gasteiger partial charge in [-0.05, 0) is 50.8 Å². The summed E-state index contributed by atoms with van der Waals surface area (Å²) in [6, 6.07) is 13.4. The summed E-state index contributed by atoms with van der Waals surface area (Å²) in [6.45, 7) is 5.62. The average molecular weight is 678 g/mol. The fourth-order valence-electron chi connectivity index (χ4n) is 5.04. The average Bonchev–Trinajstić information content (AvgIpc) is 3.84. The Balaban J connectivity index is 0.000000579. The molecule has 0 radical (unpaired) electrons. The Labute approximate surface area is 281 Å². The summed E-state index contributed by atoms with van der Waals surface area (Å²) in [4.78, 5) is 46.3. The van der Waals surface area contributed by atoms with Crippen LogP contribution < -0.4 is 10.6 Å². The van der Waals surface area contributed by atoms with Crippen LogP contribution in [0.2, 0.25) is 0 Å². The van der Waals surface area contributed by atoms with Gasteiger partial charge in [0.2, 0.25) is 5.89 Å². The number of carbonyl (C=O) groups excluding carboxylic acids is 1. The van der Waals surface area contributed by atoms with Crippen molar-refractivity contribution in [2.75, 3.05) is 38.8 Å². The number of rotatable bonds is 12. The van der Waals surface area contributed by atoms with Gasteiger partial charge in [0.25, 0.3) is 11.8 Å². The summed E-state index contributed by atoms with van der Waals surface area (Å²) < 4.78 is 11.3. The molecule has 4 N–H and O–H groups in total. The number of pyridine rings is 1. The number of likely N-dealkylation sites (N-methyl/N-ethyl adjacent to an activating group) is 1. The first kappa shape index (κ1) is 35.9. The maximum Gasteiger partial charge on any atom is 0.328 e. The van der Waals surface area contributed by atoms with Crippen molar-refractivity contribution < 1.29 is 33.8 Å². The molecule has 1 saturated heterocycles. The number of nitrogens with two attached hydrogens (primary N) is 1. The van der Waals surface area contributed by atoms with Crippen molar-refractivity contribution in [1.82, 2.24) is 25.1 Å². The van der Waals surface area contributed by atoms with E-state index in [0.29, 0.717) is 61.2 Å². The number of carboxylic acids is 2. The van der Waals surface area contributed by atoms with E-state index in [4.69, 9.17) is 30.1 Å². The zero-order valence-corrected chi connectivity index (χ0v) is 28.0. The van der Waals surface area contributed by atoms with Gasteiger partial charge in [0.05, 0.1) is 18.2 Å². The van der Waals surface area contributed by atoms with Crippen molar-refractivity contribution in [3.63, 3.8) is 0 Å². The summed E-state index contributed by atoms with van der Waals surface area (Å²) in [6.07, 6.45) is 3.46. The van der Waals surface area contributed by atoms with Crippen LogP contribution in [-0.4, -0.2) is 87.0 Å². The number of carbonyl (C=O) groups is 3. The third-order valence-electron chi connectivity index (χ3n) is 7.43. The normalized spacial score (nSPS) is 15.5. The number of methoxy groups -OCH3 is 1. The van der Waals surface area contributed by atoms with Gasteiger partial charge in [-0.1, -0.05) is 30.3 Å². The minimum absolute atomic E-state index is 0.0385. The molecule has 4 aromatic rings. The van der Waals surface area contributed by atoms with Crippen molar-refractivity contribution in [2.45, 2.75) is 44.7 Å². The standard InChI is InChI=1S/C29H35N7O3S.C4H4O4/c1-19-18-40-26(31-19)23-11-8-12-36(23)27(37)21-15-22(32-24(16-21)35(3)13-14-38-4)25-33-34-28(39-25)29(2,30)17-20-9-6-5-7-10-20;5-3(6)1-2-4(7)8/h5-7,9-10,15-16,18,23H,8,11-14,17,30H2,1-4H3;1-2H,(H,5,6)(H,7,8)/b;2-1+/t23-,29-;/m1./s1. The molecule has 3 aromatic heterocycles. The molecule has 0 spiro atoms. The predicted octanol–water partition coefficient (Wildman–Crippen LogP) is 4.08. The Hall–Kier alpha value is -4.99. The highest BCUT2D eigenvalue weighted by Gasteiger charge is 2.34. The van der Waals surface area contributed by atoms with E-state index >= 15 is 0 Å². The van der Waals surface area contributed by atoms with Crippen LogP contribution in [0.1, 0.15) is 58.3 Å². The number of likely N-dealkylation sites (tertiary alicyclic amines) is 1. The molecule has 1 amide bonds. The lowest BCUT2D eigenvalue weighted by atomic mass is 9.94. The summed E-state index contributed by atoms with van der Waals surface area (Å²) in [5, 5.41) is 27.2. The van der Waals surface area contributed by atoms with Gasteiger partial charge in [-0.25, -0.2) is 19.6 Å². The summed E-state index contributed by atoms with van der Waals surface area (Å²) >= 11 is 1.60. The minimum atomic E-state index is -1.26. The van der Waals surface area contributed by atoms with Crippen molar-refractivity contribution in [2.24, 2.45) is 5.73 Å². The quantitative estimate of drug-likeness (QED) is 0.181. The SMILES string of the molecule is COCCN(C)c1cc(C(=O)N2CCC[C@@H]2c2nc(C)cs2)cc(-c2nnc([C@](C)(N)Cc3ccccc3)o2)n1.O=C(O)/C=C/C(=O)O. The molecule has 254 valence electrons. The van der Waals surface area contributed by atoms with Crippen LogP contribution in [0.4, 0.5) is 5.82 Å². The van der Waals surface area contributed by atoms with Crippen molar-refractivity contribution in [1.29, 1.82) is 0 Å². The molecule has 1 aromatic carbocycles. The van der Waals surface area contributed by atoms with Gasteiger partial charge >= 0.3 is 11.9 Å². The molecular formula is C33H39N7O7S. The zero-order chi connectivity index (χ0) is 34.8. The minimum Gasteiger partial charge on any atom is -0.478 e. The van der Waals surface area contributed by atoms with E-state index in [2.05, 4.69) is 15.2 Å². The Morgan fingerprint density at radius 1 is 1.15 bits per heavy atom. The fourth-order valence-corrected chi connectivity index (χ4v) is 5.98. The lowest BCUT2D eigenvalue weighted by Gasteiger charge is -2.24. The van der Waals surface area contributed by atoms with Crippen LogP contribution in [0.5, 0.6) is 0 Å². The number of benzene rings is 1. The molecule has 48 heavy (non-hydrogen) atoms. The highest BCUT2D eigenvalue weighted by molar-refractivity contribution is 7.09. The number of thiazole rings is 1. The van der Waals surface area contributed by atoms with Crippen molar-refractivity contribution >= 4 is 35.0 Å². The van der Waals surface area contributed by atoms with Crippen LogP contribution in [0.3, 0.4) is 0 Å². The highest BCUT2D eigenvalue weighted by atomic mass is 32.1. The van der Waals surface area contributed by atoms with E-state index < -0.39 is 17.5 Å². The maximum atomic E-state index is 13.9. The number of hydrogen-bond acceptors (Lipinski definition) is 12. The van der Waals surface area contributed by atoms with E-state index in [0.717, 1.165) is 29.1 Å². The third-order valence-corrected chi connectivity index (χ3v) is 8.50. The van der Waals surface area contributed by atoms with Crippen LogP contribution in [0.25, 0.3) is 11.6 Å². The molecule has 5 rings (SSSR count). The second-order valence-corrected chi connectivity index (χ2v) is 12.4. The molecule has 1 aliphatic rings. The first-order valence-corrected chi connectivity index (χ1v) is 16.0. The smallest absolute Gasteiger partial charge is 0.328 e.